The number of phenols is 1. The summed E-state index contributed by atoms with van der Waals surface area (Å²) in [6, 6.07) is 12.7. The molecule has 0 saturated heterocycles. The predicted molar refractivity (Wildman–Crippen MR) is 81.7 cm³/mol. The Hall–Kier alpha value is -2.53. The monoisotopic (exact) mass is 319 g/mol. The van der Waals surface area contributed by atoms with E-state index in [0.717, 1.165) is 5.56 Å². The molecule has 0 atom stereocenters. The summed E-state index contributed by atoms with van der Waals surface area (Å²) >= 11 is 5.97. The maximum atomic E-state index is 11.7. The Labute approximate surface area is 132 Å². The van der Waals surface area contributed by atoms with Crippen molar-refractivity contribution >= 4 is 23.5 Å². The molecule has 0 saturated carbocycles. The average Bonchev–Trinajstić information content (AvgIpc) is 2.52. The largest absolute Gasteiger partial charge is 0.508 e. The minimum absolute atomic E-state index is 0.0500. The lowest BCUT2D eigenvalue weighted by Gasteiger charge is -2.08. The molecule has 0 heterocycles. The van der Waals surface area contributed by atoms with Crippen molar-refractivity contribution in [3.63, 3.8) is 0 Å². The Morgan fingerprint density at radius 3 is 2.45 bits per heavy atom. The van der Waals surface area contributed by atoms with Gasteiger partial charge in [-0.2, -0.15) is 0 Å². The van der Waals surface area contributed by atoms with Crippen molar-refractivity contribution in [1.29, 1.82) is 0 Å². The molecular weight excluding hydrogens is 306 g/mol. The summed E-state index contributed by atoms with van der Waals surface area (Å²) in [5.74, 6) is -1.01. The standard InChI is InChI=1S/C16H14ClNO4/c17-14-4-2-1-3-12(14)9-18-15(20)10-22-16(21)11-5-7-13(19)8-6-11/h1-8,19H,9-10H2,(H,18,20). The number of carbonyl (C=O) groups is 2. The van der Waals surface area contributed by atoms with E-state index in [-0.39, 0.29) is 24.5 Å². The van der Waals surface area contributed by atoms with Crippen LogP contribution in [-0.2, 0) is 16.1 Å². The van der Waals surface area contributed by atoms with Crippen molar-refractivity contribution < 1.29 is 19.4 Å². The van der Waals surface area contributed by atoms with E-state index in [2.05, 4.69) is 5.32 Å². The molecule has 114 valence electrons. The van der Waals surface area contributed by atoms with Crippen molar-refractivity contribution in [1.82, 2.24) is 5.32 Å². The molecule has 2 aromatic carbocycles. The maximum Gasteiger partial charge on any atom is 0.338 e. The van der Waals surface area contributed by atoms with E-state index in [1.54, 1.807) is 18.2 Å². The van der Waals surface area contributed by atoms with Gasteiger partial charge in [0.15, 0.2) is 6.61 Å². The highest BCUT2D eigenvalue weighted by Crippen LogP contribution is 2.14. The van der Waals surface area contributed by atoms with Gasteiger partial charge in [-0.1, -0.05) is 29.8 Å². The van der Waals surface area contributed by atoms with Crippen LogP contribution in [0.3, 0.4) is 0 Å². The second-order valence-electron chi connectivity index (χ2n) is 4.49. The molecule has 2 rings (SSSR count). The van der Waals surface area contributed by atoms with Crippen LogP contribution in [0.4, 0.5) is 0 Å². The van der Waals surface area contributed by atoms with Gasteiger partial charge >= 0.3 is 5.97 Å². The zero-order valence-corrected chi connectivity index (χ0v) is 12.3. The van der Waals surface area contributed by atoms with E-state index in [9.17, 15) is 9.59 Å². The average molecular weight is 320 g/mol. The molecule has 22 heavy (non-hydrogen) atoms. The second-order valence-corrected chi connectivity index (χ2v) is 4.90. The second kappa shape index (κ2) is 7.47. The summed E-state index contributed by atoms with van der Waals surface area (Å²) in [5, 5.41) is 12.3. The number of amides is 1. The summed E-state index contributed by atoms with van der Waals surface area (Å²) in [6.45, 7) is -0.126. The molecular formula is C16H14ClNO4. The normalized spacial score (nSPS) is 10.0. The van der Waals surface area contributed by atoms with Gasteiger partial charge in [0.25, 0.3) is 5.91 Å². The van der Waals surface area contributed by atoms with Gasteiger partial charge in [0.05, 0.1) is 5.56 Å². The molecule has 0 aliphatic heterocycles. The molecule has 0 fully saturated rings. The molecule has 6 heteroatoms. The zero-order chi connectivity index (χ0) is 15.9. The number of phenolic OH excluding ortho intramolecular Hbond substituents is 1. The van der Waals surface area contributed by atoms with Crippen molar-refractivity contribution in [3.8, 4) is 5.75 Å². The summed E-state index contributed by atoms with van der Waals surface area (Å²) < 4.78 is 4.88. The summed E-state index contributed by atoms with van der Waals surface area (Å²) in [7, 11) is 0. The highest BCUT2D eigenvalue weighted by Gasteiger charge is 2.10. The molecule has 1 amide bonds. The zero-order valence-electron chi connectivity index (χ0n) is 11.6. The van der Waals surface area contributed by atoms with Crippen LogP contribution in [0.25, 0.3) is 0 Å². The van der Waals surface area contributed by atoms with Crippen LogP contribution in [0.1, 0.15) is 15.9 Å². The minimum Gasteiger partial charge on any atom is -0.508 e. The number of esters is 1. The van der Waals surface area contributed by atoms with E-state index in [4.69, 9.17) is 21.4 Å². The van der Waals surface area contributed by atoms with Crippen molar-refractivity contribution in [2.75, 3.05) is 6.61 Å². The minimum atomic E-state index is -0.632. The number of ether oxygens (including phenoxy) is 1. The van der Waals surface area contributed by atoms with Gasteiger partial charge in [0.2, 0.25) is 0 Å². The van der Waals surface area contributed by atoms with Crippen LogP contribution in [0, 0.1) is 0 Å². The van der Waals surface area contributed by atoms with Crippen molar-refractivity contribution in [2.45, 2.75) is 6.54 Å². The molecule has 0 aromatic heterocycles. The topological polar surface area (TPSA) is 75.6 Å². The van der Waals surface area contributed by atoms with E-state index < -0.39 is 11.9 Å². The Kier molecular flexibility index (Phi) is 5.38. The highest BCUT2D eigenvalue weighted by molar-refractivity contribution is 6.31. The number of benzene rings is 2. The number of halogens is 1. The fourth-order valence-corrected chi connectivity index (χ4v) is 1.90. The van der Waals surface area contributed by atoms with Crippen molar-refractivity contribution in [3.05, 3.63) is 64.7 Å². The summed E-state index contributed by atoms with van der Waals surface area (Å²) in [5.41, 5.74) is 1.04. The van der Waals surface area contributed by atoms with Gasteiger partial charge in [0, 0.05) is 11.6 Å². The van der Waals surface area contributed by atoms with Crippen LogP contribution in [0.2, 0.25) is 5.02 Å². The first-order valence-electron chi connectivity index (χ1n) is 6.52. The van der Waals surface area contributed by atoms with Gasteiger partial charge in [0.1, 0.15) is 5.75 Å². The van der Waals surface area contributed by atoms with Crippen LogP contribution in [0.15, 0.2) is 48.5 Å². The van der Waals surface area contributed by atoms with Crippen molar-refractivity contribution in [2.24, 2.45) is 0 Å². The van der Waals surface area contributed by atoms with Crippen LogP contribution < -0.4 is 5.32 Å². The van der Waals surface area contributed by atoms with E-state index in [0.29, 0.717) is 5.02 Å². The third-order valence-corrected chi connectivity index (χ3v) is 3.24. The smallest absolute Gasteiger partial charge is 0.338 e. The summed E-state index contributed by atoms with van der Waals surface area (Å²) in [6.07, 6.45) is 0. The van der Waals surface area contributed by atoms with E-state index in [1.807, 2.05) is 6.07 Å². The fourth-order valence-electron chi connectivity index (χ4n) is 1.70. The van der Waals surface area contributed by atoms with Gasteiger partial charge in [-0.15, -0.1) is 0 Å². The Balaban J connectivity index is 1.79. The van der Waals surface area contributed by atoms with E-state index in [1.165, 1.54) is 24.3 Å². The Morgan fingerprint density at radius 1 is 1.09 bits per heavy atom. The number of nitrogens with one attached hydrogen (secondary N) is 1. The number of carbonyl (C=O) groups excluding carboxylic acids is 2. The maximum absolute atomic E-state index is 11.7. The molecule has 0 aliphatic carbocycles. The van der Waals surface area contributed by atoms with Gasteiger partial charge in [-0.05, 0) is 35.9 Å². The highest BCUT2D eigenvalue weighted by atomic mass is 35.5. The molecule has 5 nitrogen and oxygen atoms in total. The lowest BCUT2D eigenvalue weighted by molar-refractivity contribution is -0.124. The SMILES string of the molecule is O=C(COC(=O)c1ccc(O)cc1)NCc1ccccc1Cl. The molecule has 2 aromatic rings. The first kappa shape index (κ1) is 15.9. The predicted octanol–water partition coefficient (Wildman–Crippen LogP) is 2.52. The van der Waals surface area contributed by atoms with Crippen LogP contribution in [0.5, 0.6) is 5.75 Å². The lowest BCUT2D eigenvalue weighted by atomic mass is 10.2. The molecule has 0 unspecified atom stereocenters. The molecule has 2 N–H and O–H groups in total. The third kappa shape index (κ3) is 4.49. The van der Waals surface area contributed by atoms with E-state index >= 15 is 0 Å². The third-order valence-electron chi connectivity index (χ3n) is 2.87. The number of aromatic hydroxyl groups is 1. The first-order valence-corrected chi connectivity index (χ1v) is 6.90. The fraction of sp³-hybridized carbons (Fsp3) is 0.125. The Morgan fingerprint density at radius 2 is 1.77 bits per heavy atom. The lowest BCUT2D eigenvalue weighted by Crippen LogP contribution is -2.28. The number of hydrogen-bond donors (Lipinski definition) is 2. The molecule has 0 radical (unpaired) electrons. The summed E-state index contributed by atoms with van der Waals surface area (Å²) in [4.78, 5) is 23.3. The first-order chi connectivity index (χ1) is 10.6. The van der Waals surface area contributed by atoms with Gasteiger partial charge in [-0.3, -0.25) is 4.79 Å². The number of hydrogen-bond acceptors (Lipinski definition) is 4. The quantitative estimate of drug-likeness (QED) is 0.830. The molecule has 0 spiro atoms. The molecule has 0 aliphatic rings. The molecule has 0 bridgehead atoms. The van der Waals surface area contributed by atoms with Gasteiger partial charge in [-0.25, -0.2) is 4.79 Å². The Bertz CT molecular complexity index is 670. The van der Waals surface area contributed by atoms with Crippen LogP contribution in [-0.4, -0.2) is 23.6 Å². The van der Waals surface area contributed by atoms with Crippen LogP contribution >= 0.6 is 11.6 Å². The number of rotatable bonds is 5. The van der Waals surface area contributed by atoms with Gasteiger partial charge < -0.3 is 15.2 Å².